The third-order valence-electron chi connectivity index (χ3n) is 2.82. The molecule has 1 N–H and O–H groups in total. The number of hydrogen-bond acceptors (Lipinski definition) is 3. The van der Waals surface area contributed by atoms with E-state index in [1.54, 1.807) is 4.90 Å². The van der Waals surface area contributed by atoms with Gasteiger partial charge in [0, 0.05) is 18.8 Å². The van der Waals surface area contributed by atoms with Crippen LogP contribution in [0.2, 0.25) is 0 Å². The number of pyridine rings is 1. The molecule has 0 aliphatic heterocycles. The molecule has 1 aliphatic carbocycles. The summed E-state index contributed by atoms with van der Waals surface area (Å²) >= 11 is 0. The molecule has 1 saturated carbocycles. The summed E-state index contributed by atoms with van der Waals surface area (Å²) in [6.07, 6.45) is 3.44. The Morgan fingerprint density at radius 1 is 1.47 bits per heavy atom. The second-order valence-corrected chi connectivity index (χ2v) is 4.06. The number of carbonyl (C=O) groups excluding carboxylic acids is 1. The molecule has 0 atom stereocenters. The minimum Gasteiger partial charge on any atom is -0.477 e. The highest BCUT2D eigenvalue weighted by Gasteiger charge is 2.31. The van der Waals surface area contributed by atoms with Crippen molar-refractivity contribution in [2.45, 2.75) is 25.8 Å². The van der Waals surface area contributed by atoms with Crippen LogP contribution in [-0.2, 0) is 0 Å². The Labute approximate surface area is 99.1 Å². The first-order chi connectivity index (χ1) is 8.13. The number of carbonyl (C=O) groups is 2. The van der Waals surface area contributed by atoms with Crippen molar-refractivity contribution in [2.75, 3.05) is 6.54 Å². The molecule has 17 heavy (non-hydrogen) atoms. The normalized spacial score (nSPS) is 14.4. The van der Waals surface area contributed by atoms with Crippen molar-refractivity contribution in [3.05, 3.63) is 29.6 Å². The van der Waals surface area contributed by atoms with Crippen LogP contribution in [0.1, 0.15) is 40.6 Å². The smallest absolute Gasteiger partial charge is 0.354 e. The number of carboxylic acid groups (broad SMARTS) is 1. The Morgan fingerprint density at radius 3 is 2.59 bits per heavy atom. The highest BCUT2D eigenvalue weighted by atomic mass is 16.4. The largest absolute Gasteiger partial charge is 0.477 e. The van der Waals surface area contributed by atoms with Crippen molar-refractivity contribution in [1.82, 2.24) is 9.88 Å². The van der Waals surface area contributed by atoms with Crippen LogP contribution in [0.4, 0.5) is 0 Å². The number of nitrogens with zero attached hydrogens (tertiary/aromatic N) is 2. The Hall–Kier alpha value is -1.91. The number of aromatic carboxylic acids is 1. The molecule has 90 valence electrons. The van der Waals surface area contributed by atoms with E-state index in [0.29, 0.717) is 18.2 Å². The molecule has 0 saturated heterocycles. The minimum absolute atomic E-state index is 0.0454. The quantitative estimate of drug-likeness (QED) is 0.854. The molecule has 0 spiro atoms. The summed E-state index contributed by atoms with van der Waals surface area (Å²) in [7, 11) is 0. The molecule has 1 amide bonds. The molecule has 0 bridgehead atoms. The number of amides is 1. The van der Waals surface area contributed by atoms with E-state index in [1.807, 2.05) is 6.92 Å². The molecule has 5 nitrogen and oxygen atoms in total. The zero-order valence-corrected chi connectivity index (χ0v) is 9.59. The van der Waals surface area contributed by atoms with Crippen LogP contribution in [0.15, 0.2) is 18.3 Å². The van der Waals surface area contributed by atoms with Gasteiger partial charge in [0.25, 0.3) is 5.91 Å². The molecular formula is C12H14N2O3. The lowest BCUT2D eigenvalue weighted by molar-refractivity contribution is 0.0686. The number of rotatable bonds is 4. The maximum absolute atomic E-state index is 12.1. The van der Waals surface area contributed by atoms with Gasteiger partial charge in [-0.05, 0) is 31.9 Å². The Morgan fingerprint density at radius 2 is 2.18 bits per heavy atom. The summed E-state index contributed by atoms with van der Waals surface area (Å²) in [4.78, 5) is 28.3. The van der Waals surface area contributed by atoms with E-state index in [2.05, 4.69) is 4.98 Å². The first kappa shape index (κ1) is 11.6. The van der Waals surface area contributed by atoms with Gasteiger partial charge in [-0.2, -0.15) is 0 Å². The predicted molar refractivity (Wildman–Crippen MR) is 60.9 cm³/mol. The zero-order chi connectivity index (χ0) is 12.4. The van der Waals surface area contributed by atoms with Crippen LogP contribution < -0.4 is 0 Å². The van der Waals surface area contributed by atoms with Gasteiger partial charge in [0.15, 0.2) is 0 Å². The van der Waals surface area contributed by atoms with Gasteiger partial charge in [-0.25, -0.2) is 9.78 Å². The van der Waals surface area contributed by atoms with E-state index in [1.165, 1.54) is 18.3 Å². The summed E-state index contributed by atoms with van der Waals surface area (Å²) in [6.45, 7) is 2.61. The lowest BCUT2D eigenvalue weighted by atomic mass is 10.2. The fourth-order valence-corrected chi connectivity index (χ4v) is 1.77. The van der Waals surface area contributed by atoms with Gasteiger partial charge in [-0.1, -0.05) is 0 Å². The highest BCUT2D eigenvalue weighted by molar-refractivity contribution is 5.95. The van der Waals surface area contributed by atoms with Gasteiger partial charge in [-0.15, -0.1) is 0 Å². The zero-order valence-electron chi connectivity index (χ0n) is 9.59. The molecule has 1 heterocycles. The van der Waals surface area contributed by atoms with Crippen LogP contribution in [0, 0.1) is 0 Å². The molecule has 1 aromatic rings. The Kier molecular flexibility index (Phi) is 3.08. The van der Waals surface area contributed by atoms with Crippen LogP contribution >= 0.6 is 0 Å². The van der Waals surface area contributed by atoms with E-state index in [0.717, 1.165) is 12.8 Å². The maximum atomic E-state index is 12.1. The van der Waals surface area contributed by atoms with Crippen LogP contribution in [0.5, 0.6) is 0 Å². The Balaban J connectivity index is 2.15. The second kappa shape index (κ2) is 4.53. The maximum Gasteiger partial charge on any atom is 0.354 e. The van der Waals surface area contributed by atoms with Crippen molar-refractivity contribution < 1.29 is 14.7 Å². The topological polar surface area (TPSA) is 70.5 Å². The SMILES string of the molecule is CCN(C(=O)c1ccc(C(=O)O)nc1)C1CC1. The van der Waals surface area contributed by atoms with Gasteiger partial charge < -0.3 is 10.0 Å². The van der Waals surface area contributed by atoms with Gasteiger partial charge in [0.2, 0.25) is 0 Å². The van der Waals surface area contributed by atoms with Crippen molar-refractivity contribution in [2.24, 2.45) is 0 Å². The molecule has 0 aromatic carbocycles. The summed E-state index contributed by atoms with van der Waals surface area (Å²) < 4.78 is 0. The van der Waals surface area contributed by atoms with E-state index < -0.39 is 5.97 Å². The van der Waals surface area contributed by atoms with E-state index >= 15 is 0 Å². The van der Waals surface area contributed by atoms with Crippen LogP contribution in [0.25, 0.3) is 0 Å². The third-order valence-corrected chi connectivity index (χ3v) is 2.82. The average Bonchev–Trinajstić information content (AvgIpc) is 3.14. The van der Waals surface area contributed by atoms with Gasteiger partial charge >= 0.3 is 5.97 Å². The summed E-state index contributed by atoms with van der Waals surface area (Å²) in [5, 5.41) is 8.71. The van der Waals surface area contributed by atoms with Crippen molar-refractivity contribution in [3.8, 4) is 0 Å². The van der Waals surface area contributed by atoms with E-state index in [4.69, 9.17) is 5.11 Å². The summed E-state index contributed by atoms with van der Waals surface area (Å²) in [6, 6.07) is 3.23. The Bertz CT molecular complexity index is 438. The van der Waals surface area contributed by atoms with Gasteiger partial charge in [0.1, 0.15) is 5.69 Å². The number of aromatic nitrogens is 1. The molecule has 1 fully saturated rings. The van der Waals surface area contributed by atoms with E-state index in [9.17, 15) is 9.59 Å². The van der Waals surface area contributed by atoms with Gasteiger partial charge in [0.05, 0.1) is 5.56 Å². The predicted octanol–water partition coefficient (Wildman–Crippen LogP) is 1.40. The van der Waals surface area contributed by atoms with E-state index in [-0.39, 0.29) is 11.6 Å². The highest BCUT2D eigenvalue weighted by Crippen LogP contribution is 2.27. The number of carboxylic acids is 1. The van der Waals surface area contributed by atoms with Crippen LogP contribution in [0.3, 0.4) is 0 Å². The first-order valence-corrected chi connectivity index (χ1v) is 5.63. The molecular weight excluding hydrogens is 220 g/mol. The summed E-state index contributed by atoms with van der Waals surface area (Å²) in [5.74, 6) is -1.15. The molecule has 0 radical (unpaired) electrons. The molecule has 5 heteroatoms. The van der Waals surface area contributed by atoms with Crippen molar-refractivity contribution in [3.63, 3.8) is 0 Å². The fraction of sp³-hybridized carbons (Fsp3) is 0.417. The average molecular weight is 234 g/mol. The second-order valence-electron chi connectivity index (χ2n) is 4.06. The first-order valence-electron chi connectivity index (χ1n) is 5.63. The lowest BCUT2D eigenvalue weighted by Gasteiger charge is -2.20. The standard InChI is InChI=1S/C12H14N2O3/c1-2-14(9-4-5-9)11(15)8-3-6-10(12(16)17)13-7-8/h3,6-7,9H,2,4-5H2,1H3,(H,16,17). The minimum atomic E-state index is -1.08. The summed E-state index contributed by atoms with van der Waals surface area (Å²) in [5.41, 5.74) is 0.403. The number of hydrogen-bond donors (Lipinski definition) is 1. The lowest BCUT2D eigenvalue weighted by Crippen LogP contribution is -2.32. The molecule has 0 unspecified atom stereocenters. The fourth-order valence-electron chi connectivity index (χ4n) is 1.77. The van der Waals surface area contributed by atoms with Crippen molar-refractivity contribution in [1.29, 1.82) is 0 Å². The van der Waals surface area contributed by atoms with Gasteiger partial charge in [-0.3, -0.25) is 4.79 Å². The molecule has 2 rings (SSSR count). The third kappa shape index (κ3) is 2.43. The van der Waals surface area contributed by atoms with Crippen molar-refractivity contribution >= 4 is 11.9 Å². The monoisotopic (exact) mass is 234 g/mol. The molecule has 1 aliphatic rings. The molecule has 1 aromatic heterocycles. The van der Waals surface area contributed by atoms with Crippen LogP contribution in [-0.4, -0.2) is 39.5 Å².